The molecule has 0 saturated heterocycles. The Kier molecular flexibility index (Phi) is 3.59. The second-order valence-electron chi connectivity index (χ2n) is 2.84. The predicted molar refractivity (Wildman–Crippen MR) is 58.3 cm³/mol. The van der Waals surface area contributed by atoms with Gasteiger partial charge in [0.1, 0.15) is 5.75 Å². The number of aromatic hydroxyl groups is 1. The van der Waals surface area contributed by atoms with Gasteiger partial charge in [-0.05, 0) is 42.0 Å². The Morgan fingerprint density at radius 3 is 2.69 bits per heavy atom. The molecule has 1 unspecified atom stereocenters. The standard InChI is InChI=1S/C9H11BrClNO/c1-5(12-2)6-3-8(11)7(10)4-9(6)13/h3-5,12-13H,1-2H3. The summed E-state index contributed by atoms with van der Waals surface area (Å²) >= 11 is 9.14. The van der Waals surface area contributed by atoms with Gasteiger partial charge in [-0.3, -0.25) is 0 Å². The van der Waals surface area contributed by atoms with Crippen molar-refractivity contribution in [1.82, 2.24) is 5.32 Å². The summed E-state index contributed by atoms with van der Waals surface area (Å²) in [6, 6.07) is 3.44. The summed E-state index contributed by atoms with van der Waals surface area (Å²) < 4.78 is 0.707. The fourth-order valence-corrected chi connectivity index (χ4v) is 1.56. The van der Waals surface area contributed by atoms with E-state index < -0.39 is 0 Å². The van der Waals surface area contributed by atoms with Crippen molar-refractivity contribution in [2.75, 3.05) is 7.05 Å². The summed E-state index contributed by atoms with van der Waals surface area (Å²) in [7, 11) is 1.83. The minimum Gasteiger partial charge on any atom is -0.508 e. The summed E-state index contributed by atoms with van der Waals surface area (Å²) in [5, 5.41) is 13.2. The first-order valence-corrected chi connectivity index (χ1v) is 5.08. The van der Waals surface area contributed by atoms with Crippen molar-refractivity contribution in [3.63, 3.8) is 0 Å². The molecule has 2 N–H and O–H groups in total. The van der Waals surface area contributed by atoms with Crippen LogP contribution < -0.4 is 5.32 Å². The molecule has 0 bridgehead atoms. The number of phenolic OH excluding ortho intramolecular Hbond substituents is 1. The number of hydrogen-bond donors (Lipinski definition) is 2. The van der Waals surface area contributed by atoms with E-state index in [0.717, 1.165) is 5.56 Å². The average molecular weight is 265 g/mol. The average Bonchev–Trinajstić information content (AvgIpc) is 2.10. The minimum absolute atomic E-state index is 0.0885. The van der Waals surface area contributed by atoms with E-state index in [2.05, 4.69) is 21.2 Å². The molecule has 0 heterocycles. The van der Waals surface area contributed by atoms with Crippen LogP contribution in [0.2, 0.25) is 5.02 Å². The lowest BCUT2D eigenvalue weighted by Gasteiger charge is -2.13. The third-order valence-electron chi connectivity index (χ3n) is 1.97. The molecule has 0 saturated carbocycles. The first-order chi connectivity index (χ1) is 6.06. The highest BCUT2D eigenvalue weighted by atomic mass is 79.9. The van der Waals surface area contributed by atoms with Crippen molar-refractivity contribution >= 4 is 27.5 Å². The van der Waals surface area contributed by atoms with Gasteiger partial charge in [0.25, 0.3) is 0 Å². The van der Waals surface area contributed by atoms with Gasteiger partial charge >= 0.3 is 0 Å². The Bertz CT molecular complexity index is 317. The molecule has 72 valence electrons. The van der Waals surface area contributed by atoms with Crippen LogP contribution in [-0.4, -0.2) is 12.2 Å². The summed E-state index contributed by atoms with van der Waals surface area (Å²) in [4.78, 5) is 0. The number of benzene rings is 1. The monoisotopic (exact) mass is 263 g/mol. The van der Waals surface area contributed by atoms with Crippen LogP contribution in [0.15, 0.2) is 16.6 Å². The van der Waals surface area contributed by atoms with Crippen molar-refractivity contribution in [2.45, 2.75) is 13.0 Å². The molecule has 1 aromatic rings. The van der Waals surface area contributed by atoms with Crippen molar-refractivity contribution in [3.8, 4) is 5.75 Å². The Morgan fingerprint density at radius 2 is 2.15 bits per heavy atom. The molecular weight excluding hydrogens is 253 g/mol. The van der Waals surface area contributed by atoms with Crippen LogP contribution in [0, 0.1) is 0 Å². The molecule has 0 aliphatic heterocycles. The highest BCUT2D eigenvalue weighted by Crippen LogP contribution is 2.33. The topological polar surface area (TPSA) is 32.3 Å². The number of halogens is 2. The third kappa shape index (κ3) is 2.36. The van der Waals surface area contributed by atoms with E-state index in [1.807, 2.05) is 14.0 Å². The molecule has 2 nitrogen and oxygen atoms in total. The van der Waals surface area contributed by atoms with E-state index in [-0.39, 0.29) is 11.8 Å². The second kappa shape index (κ2) is 4.31. The first-order valence-electron chi connectivity index (χ1n) is 3.91. The number of hydrogen-bond acceptors (Lipinski definition) is 2. The second-order valence-corrected chi connectivity index (χ2v) is 4.10. The van der Waals surface area contributed by atoms with E-state index in [0.29, 0.717) is 9.50 Å². The van der Waals surface area contributed by atoms with Gasteiger partial charge in [0, 0.05) is 16.1 Å². The number of phenols is 1. The largest absolute Gasteiger partial charge is 0.508 e. The van der Waals surface area contributed by atoms with E-state index in [1.54, 1.807) is 12.1 Å². The van der Waals surface area contributed by atoms with Crippen molar-refractivity contribution in [3.05, 3.63) is 27.2 Å². The van der Waals surface area contributed by atoms with E-state index in [1.165, 1.54) is 0 Å². The maximum absolute atomic E-state index is 9.59. The molecular formula is C9H11BrClNO. The predicted octanol–water partition coefficient (Wildman–Crippen LogP) is 3.09. The molecule has 0 aliphatic rings. The smallest absolute Gasteiger partial charge is 0.121 e. The zero-order valence-electron chi connectivity index (χ0n) is 7.44. The Hall–Kier alpha value is -0.250. The molecule has 1 atom stereocenters. The lowest BCUT2D eigenvalue weighted by atomic mass is 10.1. The molecule has 0 aromatic heterocycles. The summed E-state index contributed by atoms with van der Waals surface area (Å²) in [5.74, 6) is 0.248. The van der Waals surface area contributed by atoms with Crippen LogP contribution in [-0.2, 0) is 0 Å². The summed E-state index contributed by atoms with van der Waals surface area (Å²) in [6.07, 6.45) is 0. The van der Waals surface area contributed by atoms with Gasteiger partial charge in [-0.1, -0.05) is 11.6 Å². The first kappa shape index (κ1) is 10.8. The summed E-state index contributed by atoms with van der Waals surface area (Å²) in [5.41, 5.74) is 0.802. The Morgan fingerprint density at radius 1 is 1.54 bits per heavy atom. The highest BCUT2D eigenvalue weighted by molar-refractivity contribution is 9.10. The van der Waals surface area contributed by atoms with Gasteiger partial charge in [-0.25, -0.2) is 0 Å². The lowest BCUT2D eigenvalue weighted by Crippen LogP contribution is -2.12. The van der Waals surface area contributed by atoms with E-state index in [4.69, 9.17) is 11.6 Å². The van der Waals surface area contributed by atoms with Crippen molar-refractivity contribution < 1.29 is 5.11 Å². The lowest BCUT2D eigenvalue weighted by molar-refractivity contribution is 0.457. The van der Waals surface area contributed by atoms with Crippen LogP contribution in [0.3, 0.4) is 0 Å². The van der Waals surface area contributed by atoms with Gasteiger partial charge in [0.05, 0.1) is 5.02 Å². The molecule has 1 aromatic carbocycles. The molecule has 0 spiro atoms. The maximum Gasteiger partial charge on any atom is 0.121 e. The van der Waals surface area contributed by atoms with Crippen LogP contribution >= 0.6 is 27.5 Å². The van der Waals surface area contributed by atoms with Gasteiger partial charge < -0.3 is 10.4 Å². The quantitative estimate of drug-likeness (QED) is 0.860. The highest BCUT2D eigenvalue weighted by Gasteiger charge is 2.10. The van der Waals surface area contributed by atoms with Gasteiger partial charge in [-0.2, -0.15) is 0 Å². The molecule has 1 rings (SSSR count). The zero-order valence-corrected chi connectivity index (χ0v) is 9.78. The van der Waals surface area contributed by atoms with Crippen LogP contribution in [0.25, 0.3) is 0 Å². The van der Waals surface area contributed by atoms with Gasteiger partial charge in [0.15, 0.2) is 0 Å². The molecule has 0 radical (unpaired) electrons. The fourth-order valence-electron chi connectivity index (χ4n) is 1.05. The summed E-state index contributed by atoms with van der Waals surface area (Å²) in [6.45, 7) is 1.96. The van der Waals surface area contributed by atoms with Gasteiger partial charge in [-0.15, -0.1) is 0 Å². The van der Waals surface area contributed by atoms with E-state index in [9.17, 15) is 5.11 Å². The SMILES string of the molecule is CNC(C)c1cc(Cl)c(Br)cc1O. The molecule has 13 heavy (non-hydrogen) atoms. The Labute approximate surface area is 91.0 Å². The Balaban J connectivity index is 3.15. The van der Waals surface area contributed by atoms with Crippen molar-refractivity contribution in [1.29, 1.82) is 0 Å². The molecule has 4 heteroatoms. The number of nitrogens with one attached hydrogen (secondary N) is 1. The zero-order chi connectivity index (χ0) is 10.0. The molecule has 0 aliphatic carbocycles. The van der Waals surface area contributed by atoms with Crippen LogP contribution in [0.1, 0.15) is 18.5 Å². The number of rotatable bonds is 2. The minimum atomic E-state index is 0.0885. The van der Waals surface area contributed by atoms with Crippen molar-refractivity contribution in [2.24, 2.45) is 0 Å². The van der Waals surface area contributed by atoms with E-state index >= 15 is 0 Å². The molecule has 0 amide bonds. The van der Waals surface area contributed by atoms with Gasteiger partial charge in [0.2, 0.25) is 0 Å². The third-order valence-corrected chi connectivity index (χ3v) is 3.17. The maximum atomic E-state index is 9.59. The molecule has 0 fully saturated rings. The fraction of sp³-hybridized carbons (Fsp3) is 0.333. The van der Waals surface area contributed by atoms with Crippen LogP contribution in [0.5, 0.6) is 5.75 Å². The normalized spacial score (nSPS) is 12.9. The van der Waals surface area contributed by atoms with Crippen LogP contribution in [0.4, 0.5) is 0 Å².